The first kappa shape index (κ1) is 12.7. The highest BCUT2D eigenvalue weighted by molar-refractivity contribution is 5.29. The zero-order valence-corrected chi connectivity index (χ0v) is 11.6. The summed E-state index contributed by atoms with van der Waals surface area (Å²) >= 11 is 0. The SMILES string of the molecule is CC1=C[C@H](C)[C@@]2(CO)COC(=C(C)C)[C@H]1[C@@H]2C. The topological polar surface area (TPSA) is 29.5 Å². The number of rotatable bonds is 1. The molecule has 1 aliphatic heterocycles. The lowest BCUT2D eigenvalue weighted by Gasteiger charge is -2.53. The van der Waals surface area contributed by atoms with Gasteiger partial charge in [-0.3, -0.25) is 0 Å². The minimum Gasteiger partial charge on any atom is -0.497 e. The third kappa shape index (κ3) is 1.65. The van der Waals surface area contributed by atoms with E-state index >= 15 is 0 Å². The molecule has 96 valence electrons. The van der Waals surface area contributed by atoms with Gasteiger partial charge in [-0.15, -0.1) is 0 Å². The van der Waals surface area contributed by atoms with Crippen molar-refractivity contribution in [2.24, 2.45) is 23.2 Å². The standard InChI is InChI=1S/C15H24O2/c1-9(2)14-13-10(3)6-11(4)15(7-16,8-17-14)12(13)5/h6,11-13,16H,7-8H2,1-5H3/t11-,12-,13+,15+/m0/s1. The summed E-state index contributed by atoms with van der Waals surface area (Å²) in [7, 11) is 0. The van der Waals surface area contributed by atoms with Crippen molar-refractivity contribution in [3.8, 4) is 0 Å². The van der Waals surface area contributed by atoms with E-state index in [0.29, 0.717) is 24.4 Å². The molecular formula is C15H24O2. The van der Waals surface area contributed by atoms with Gasteiger partial charge in [-0.2, -0.15) is 0 Å². The van der Waals surface area contributed by atoms with Gasteiger partial charge in [-0.1, -0.05) is 25.5 Å². The normalized spacial score (nSPS) is 40.7. The Balaban J connectivity index is 2.52. The molecule has 2 bridgehead atoms. The van der Waals surface area contributed by atoms with Crippen LogP contribution in [0.4, 0.5) is 0 Å². The summed E-state index contributed by atoms with van der Waals surface area (Å²) in [5.74, 6) is 2.32. The summed E-state index contributed by atoms with van der Waals surface area (Å²) in [6, 6.07) is 0. The van der Waals surface area contributed by atoms with Crippen molar-refractivity contribution < 1.29 is 9.84 Å². The van der Waals surface area contributed by atoms with Gasteiger partial charge in [0.2, 0.25) is 0 Å². The maximum atomic E-state index is 9.82. The lowest BCUT2D eigenvalue weighted by molar-refractivity contribution is -0.0933. The summed E-state index contributed by atoms with van der Waals surface area (Å²) in [5.41, 5.74) is 2.56. The number of aliphatic hydroxyl groups excluding tert-OH is 1. The van der Waals surface area contributed by atoms with Gasteiger partial charge in [0.1, 0.15) is 5.76 Å². The molecule has 2 aliphatic rings. The maximum Gasteiger partial charge on any atom is 0.102 e. The molecule has 1 N–H and O–H groups in total. The van der Waals surface area contributed by atoms with Crippen molar-refractivity contribution in [1.82, 2.24) is 0 Å². The van der Waals surface area contributed by atoms with Crippen LogP contribution in [-0.4, -0.2) is 18.3 Å². The molecular weight excluding hydrogens is 212 g/mol. The van der Waals surface area contributed by atoms with Gasteiger partial charge in [0.15, 0.2) is 0 Å². The molecule has 2 heteroatoms. The minimum absolute atomic E-state index is 0.0941. The molecule has 1 fully saturated rings. The number of fused-ring (bicyclic) bond motifs is 2. The fraction of sp³-hybridized carbons (Fsp3) is 0.733. The Morgan fingerprint density at radius 3 is 2.65 bits per heavy atom. The highest BCUT2D eigenvalue weighted by Crippen LogP contribution is 2.53. The van der Waals surface area contributed by atoms with Gasteiger partial charge in [-0.25, -0.2) is 0 Å². The van der Waals surface area contributed by atoms with E-state index in [1.165, 1.54) is 11.1 Å². The molecule has 0 spiro atoms. The summed E-state index contributed by atoms with van der Waals surface area (Å²) in [6.45, 7) is 11.7. The highest BCUT2D eigenvalue weighted by atomic mass is 16.5. The Morgan fingerprint density at radius 1 is 1.47 bits per heavy atom. The Hall–Kier alpha value is -0.760. The molecule has 0 radical (unpaired) electrons. The molecule has 1 aliphatic carbocycles. The van der Waals surface area contributed by atoms with Crippen LogP contribution in [0.25, 0.3) is 0 Å². The molecule has 0 aromatic heterocycles. The van der Waals surface area contributed by atoms with Crippen LogP contribution in [0, 0.1) is 23.2 Å². The first-order valence-corrected chi connectivity index (χ1v) is 6.53. The Kier molecular flexibility index (Phi) is 3.11. The number of allylic oxidation sites excluding steroid dienone is 3. The van der Waals surface area contributed by atoms with E-state index in [9.17, 15) is 5.11 Å². The van der Waals surface area contributed by atoms with Gasteiger partial charge in [0, 0.05) is 11.3 Å². The predicted octanol–water partition coefficient (Wildman–Crippen LogP) is 3.14. The fourth-order valence-electron chi connectivity index (χ4n) is 3.59. The Labute approximate surface area is 104 Å². The molecule has 2 nitrogen and oxygen atoms in total. The van der Waals surface area contributed by atoms with E-state index in [0.717, 1.165) is 5.76 Å². The molecule has 0 saturated carbocycles. The third-order valence-corrected chi connectivity index (χ3v) is 4.88. The summed E-state index contributed by atoms with van der Waals surface area (Å²) in [5, 5.41) is 9.82. The molecule has 0 aromatic carbocycles. The molecule has 1 heterocycles. The van der Waals surface area contributed by atoms with Gasteiger partial charge < -0.3 is 9.84 Å². The number of hydrogen-bond acceptors (Lipinski definition) is 2. The van der Waals surface area contributed by atoms with Crippen molar-refractivity contribution >= 4 is 0 Å². The quantitative estimate of drug-likeness (QED) is 0.709. The number of ether oxygens (including phenoxy) is 1. The molecule has 4 atom stereocenters. The van der Waals surface area contributed by atoms with Gasteiger partial charge >= 0.3 is 0 Å². The highest BCUT2D eigenvalue weighted by Gasteiger charge is 2.52. The van der Waals surface area contributed by atoms with Crippen LogP contribution >= 0.6 is 0 Å². The van der Waals surface area contributed by atoms with Crippen LogP contribution in [0.1, 0.15) is 34.6 Å². The zero-order chi connectivity index (χ0) is 12.8. The number of hydrogen-bond donors (Lipinski definition) is 1. The minimum atomic E-state index is -0.0941. The average molecular weight is 236 g/mol. The van der Waals surface area contributed by atoms with Crippen molar-refractivity contribution in [2.45, 2.75) is 34.6 Å². The molecule has 17 heavy (non-hydrogen) atoms. The Morgan fingerprint density at radius 2 is 2.12 bits per heavy atom. The summed E-state index contributed by atoms with van der Waals surface area (Å²) < 4.78 is 5.99. The van der Waals surface area contributed by atoms with Crippen LogP contribution in [0.5, 0.6) is 0 Å². The first-order chi connectivity index (χ1) is 7.94. The van der Waals surface area contributed by atoms with Crippen LogP contribution in [0.15, 0.2) is 23.0 Å². The number of aliphatic hydroxyl groups is 1. The largest absolute Gasteiger partial charge is 0.497 e. The maximum absolute atomic E-state index is 9.82. The van der Waals surface area contributed by atoms with E-state index < -0.39 is 0 Å². The smallest absolute Gasteiger partial charge is 0.102 e. The zero-order valence-electron chi connectivity index (χ0n) is 11.6. The van der Waals surface area contributed by atoms with Crippen molar-refractivity contribution in [3.63, 3.8) is 0 Å². The predicted molar refractivity (Wildman–Crippen MR) is 69.4 cm³/mol. The van der Waals surface area contributed by atoms with E-state index in [1.54, 1.807) is 0 Å². The van der Waals surface area contributed by atoms with Gasteiger partial charge in [0.25, 0.3) is 0 Å². The average Bonchev–Trinajstić information content (AvgIpc) is 2.26. The van der Waals surface area contributed by atoms with Gasteiger partial charge in [-0.05, 0) is 38.2 Å². The van der Waals surface area contributed by atoms with E-state index in [1.807, 2.05) is 0 Å². The second kappa shape index (κ2) is 4.16. The van der Waals surface area contributed by atoms with E-state index in [-0.39, 0.29) is 12.0 Å². The summed E-state index contributed by atoms with van der Waals surface area (Å²) in [6.07, 6.45) is 2.33. The van der Waals surface area contributed by atoms with Crippen LogP contribution in [0.2, 0.25) is 0 Å². The second-order valence-corrected chi connectivity index (χ2v) is 6.01. The van der Waals surface area contributed by atoms with E-state index in [2.05, 4.69) is 40.7 Å². The third-order valence-electron chi connectivity index (χ3n) is 4.88. The molecule has 2 rings (SSSR count). The van der Waals surface area contributed by atoms with Gasteiger partial charge in [0.05, 0.1) is 13.2 Å². The lowest BCUT2D eigenvalue weighted by Crippen LogP contribution is -2.52. The van der Waals surface area contributed by atoms with Crippen molar-refractivity contribution in [2.75, 3.05) is 13.2 Å². The van der Waals surface area contributed by atoms with E-state index in [4.69, 9.17) is 4.74 Å². The monoisotopic (exact) mass is 236 g/mol. The van der Waals surface area contributed by atoms with Crippen LogP contribution in [0.3, 0.4) is 0 Å². The first-order valence-electron chi connectivity index (χ1n) is 6.53. The van der Waals surface area contributed by atoms with Crippen molar-refractivity contribution in [1.29, 1.82) is 0 Å². The van der Waals surface area contributed by atoms with Crippen LogP contribution < -0.4 is 0 Å². The fourth-order valence-corrected chi connectivity index (χ4v) is 3.59. The second-order valence-electron chi connectivity index (χ2n) is 6.01. The molecule has 0 unspecified atom stereocenters. The summed E-state index contributed by atoms with van der Waals surface area (Å²) in [4.78, 5) is 0. The van der Waals surface area contributed by atoms with Crippen molar-refractivity contribution in [3.05, 3.63) is 23.0 Å². The lowest BCUT2D eigenvalue weighted by atomic mass is 9.57. The molecule has 0 aromatic rings. The molecule has 1 saturated heterocycles. The molecule has 0 amide bonds. The Bertz CT molecular complexity index is 376. The van der Waals surface area contributed by atoms with Crippen LogP contribution in [-0.2, 0) is 4.74 Å².